The molecule has 1 saturated carbocycles. The van der Waals surface area contributed by atoms with E-state index in [4.69, 9.17) is 17.3 Å². The van der Waals surface area contributed by atoms with Crippen LogP contribution in [0.1, 0.15) is 29.6 Å². The topological polar surface area (TPSA) is 88.6 Å². The zero-order valence-electron chi connectivity index (χ0n) is 13.6. The van der Waals surface area contributed by atoms with Gasteiger partial charge in [0, 0.05) is 38.2 Å². The Hall–Kier alpha value is -2.19. The molecule has 4 rings (SSSR count). The molecule has 2 aromatic rings. The molecule has 2 heterocycles. The van der Waals surface area contributed by atoms with Crippen molar-refractivity contribution in [3.05, 3.63) is 38.9 Å². The van der Waals surface area contributed by atoms with Crippen molar-refractivity contribution in [3.8, 4) is 0 Å². The molecule has 9 heteroatoms. The maximum absolute atomic E-state index is 14.9. The van der Waals surface area contributed by atoms with E-state index in [0.29, 0.717) is 19.5 Å². The Bertz CT molecular complexity index is 1000. The molecule has 1 aromatic carbocycles. The number of hydrogen-bond acceptors (Lipinski definition) is 4. The molecule has 6 nitrogen and oxygen atoms in total. The van der Waals surface area contributed by atoms with Gasteiger partial charge < -0.3 is 20.3 Å². The average molecular weight is 384 g/mol. The summed E-state index contributed by atoms with van der Waals surface area (Å²) in [6, 6.07) is 0.811. The fourth-order valence-corrected chi connectivity index (χ4v) is 3.90. The number of aromatic carboxylic acids is 1. The van der Waals surface area contributed by atoms with Crippen LogP contribution in [0.4, 0.5) is 14.5 Å². The molecular weight excluding hydrogens is 368 g/mol. The normalized spacial score (nSPS) is 21.4. The van der Waals surface area contributed by atoms with Gasteiger partial charge in [-0.25, -0.2) is 13.6 Å². The van der Waals surface area contributed by atoms with Crippen LogP contribution >= 0.6 is 11.6 Å². The number of anilines is 1. The molecule has 2 fully saturated rings. The highest BCUT2D eigenvalue weighted by Gasteiger charge is 2.46. The highest BCUT2D eigenvalue weighted by Crippen LogP contribution is 2.48. The Morgan fingerprint density at radius 2 is 2.12 bits per heavy atom. The van der Waals surface area contributed by atoms with Gasteiger partial charge in [0.25, 0.3) is 0 Å². The Kier molecular flexibility index (Phi) is 3.75. The molecule has 26 heavy (non-hydrogen) atoms. The number of carbonyl (C=O) groups is 1. The third-order valence-electron chi connectivity index (χ3n) is 5.02. The van der Waals surface area contributed by atoms with E-state index in [1.165, 1.54) is 0 Å². The van der Waals surface area contributed by atoms with Gasteiger partial charge in [0.2, 0.25) is 5.43 Å². The summed E-state index contributed by atoms with van der Waals surface area (Å²) in [4.78, 5) is 25.5. The van der Waals surface area contributed by atoms with Crippen LogP contribution in [0.3, 0.4) is 0 Å². The van der Waals surface area contributed by atoms with Crippen LogP contribution in [0.5, 0.6) is 0 Å². The number of nitrogens with zero attached hydrogens (tertiary/aromatic N) is 2. The van der Waals surface area contributed by atoms with E-state index in [1.807, 2.05) is 0 Å². The second kappa shape index (κ2) is 5.65. The molecule has 1 aliphatic carbocycles. The predicted octanol–water partition coefficient (Wildman–Crippen LogP) is 2.45. The summed E-state index contributed by atoms with van der Waals surface area (Å²) in [5.41, 5.74) is 4.44. The van der Waals surface area contributed by atoms with Crippen LogP contribution in [0, 0.1) is 5.82 Å². The monoisotopic (exact) mass is 383 g/mol. The first-order valence-corrected chi connectivity index (χ1v) is 8.61. The maximum Gasteiger partial charge on any atom is 0.341 e. The molecule has 138 valence electrons. The summed E-state index contributed by atoms with van der Waals surface area (Å²) >= 11 is 6.42. The Morgan fingerprint density at radius 1 is 1.42 bits per heavy atom. The van der Waals surface area contributed by atoms with Gasteiger partial charge >= 0.3 is 5.97 Å². The largest absolute Gasteiger partial charge is 0.477 e. The summed E-state index contributed by atoms with van der Waals surface area (Å²) in [5, 5.41) is 8.89. The molecule has 0 unspecified atom stereocenters. The van der Waals surface area contributed by atoms with E-state index in [9.17, 15) is 23.5 Å². The van der Waals surface area contributed by atoms with Gasteiger partial charge in [0.1, 0.15) is 11.4 Å². The third-order valence-corrected chi connectivity index (χ3v) is 5.38. The SMILES string of the molecule is N[C@H]1CCN(c2c(F)cc3c(=O)c(C(=O)O)cn(C4(F)CC4)c3c2Cl)C1. The maximum atomic E-state index is 14.9. The van der Waals surface area contributed by atoms with E-state index in [2.05, 4.69) is 0 Å². The van der Waals surface area contributed by atoms with Gasteiger partial charge in [-0.05, 0) is 12.5 Å². The van der Waals surface area contributed by atoms with Crippen molar-refractivity contribution in [1.29, 1.82) is 0 Å². The Labute approximate surface area is 151 Å². The van der Waals surface area contributed by atoms with Gasteiger partial charge in [0.05, 0.1) is 21.6 Å². The summed E-state index contributed by atoms with van der Waals surface area (Å²) in [5.74, 6) is -4.08. The highest BCUT2D eigenvalue weighted by atomic mass is 35.5. The molecule has 1 saturated heterocycles. The lowest BCUT2D eigenvalue weighted by Crippen LogP contribution is -2.28. The van der Waals surface area contributed by atoms with Crippen LogP contribution in [0.25, 0.3) is 10.9 Å². The summed E-state index contributed by atoms with van der Waals surface area (Å²) in [7, 11) is 0. The van der Waals surface area contributed by atoms with Crippen molar-refractivity contribution >= 4 is 34.2 Å². The first-order valence-electron chi connectivity index (χ1n) is 8.23. The molecule has 0 radical (unpaired) electrons. The Morgan fingerprint density at radius 3 is 2.65 bits per heavy atom. The number of fused-ring (bicyclic) bond motifs is 1. The zero-order valence-corrected chi connectivity index (χ0v) is 14.4. The lowest BCUT2D eigenvalue weighted by Gasteiger charge is -2.24. The molecule has 1 aromatic heterocycles. The van der Waals surface area contributed by atoms with Crippen LogP contribution in [-0.4, -0.2) is 34.8 Å². The molecule has 2 aliphatic rings. The zero-order chi connectivity index (χ0) is 18.8. The lowest BCUT2D eigenvalue weighted by atomic mass is 10.1. The number of halogens is 3. The van der Waals surface area contributed by atoms with Crippen molar-refractivity contribution in [1.82, 2.24) is 4.57 Å². The number of hydrogen-bond donors (Lipinski definition) is 2. The van der Waals surface area contributed by atoms with Gasteiger partial charge in [-0.2, -0.15) is 0 Å². The van der Waals surface area contributed by atoms with Gasteiger partial charge in [-0.15, -0.1) is 0 Å². The fourth-order valence-electron chi connectivity index (χ4n) is 3.50. The molecule has 0 spiro atoms. The van der Waals surface area contributed by atoms with Gasteiger partial charge in [-0.3, -0.25) is 4.79 Å². The average Bonchev–Trinajstić information content (AvgIpc) is 3.17. The number of carboxylic acid groups (broad SMARTS) is 1. The summed E-state index contributed by atoms with van der Waals surface area (Å²) in [6.07, 6.45) is 1.96. The van der Waals surface area contributed by atoms with Crippen molar-refractivity contribution in [3.63, 3.8) is 0 Å². The van der Waals surface area contributed by atoms with Crippen molar-refractivity contribution < 1.29 is 18.7 Å². The smallest absolute Gasteiger partial charge is 0.341 e. The van der Waals surface area contributed by atoms with Gasteiger partial charge in [-0.1, -0.05) is 11.6 Å². The van der Waals surface area contributed by atoms with Crippen molar-refractivity contribution in [2.24, 2.45) is 5.73 Å². The highest BCUT2D eigenvalue weighted by molar-refractivity contribution is 6.38. The summed E-state index contributed by atoms with van der Waals surface area (Å²) in [6.45, 7) is 0.877. The standard InChI is InChI=1S/C17H16ClF2N3O3/c18-12-13-9(5-11(19)14(12)22-4-1-8(21)6-22)15(24)10(16(25)26)7-23(13)17(20)2-3-17/h5,7-8H,1-4,6,21H2,(H,25,26)/t8-/m0/s1. The number of nitrogens with two attached hydrogens (primary N) is 1. The molecule has 0 bridgehead atoms. The lowest BCUT2D eigenvalue weighted by molar-refractivity contribution is 0.0694. The molecule has 3 N–H and O–H groups in total. The number of rotatable bonds is 3. The van der Waals surface area contributed by atoms with Crippen LogP contribution in [0.15, 0.2) is 17.1 Å². The van der Waals surface area contributed by atoms with Crippen molar-refractivity contribution in [2.45, 2.75) is 31.1 Å². The number of aromatic nitrogens is 1. The number of pyridine rings is 1. The number of alkyl halides is 1. The first-order chi connectivity index (χ1) is 12.2. The quantitative estimate of drug-likeness (QED) is 0.850. The fraction of sp³-hybridized carbons (Fsp3) is 0.412. The minimum Gasteiger partial charge on any atom is -0.477 e. The van der Waals surface area contributed by atoms with E-state index < -0.39 is 28.6 Å². The second-order valence-electron chi connectivity index (χ2n) is 6.88. The first kappa shape index (κ1) is 17.2. The van der Waals surface area contributed by atoms with E-state index in [0.717, 1.165) is 16.8 Å². The third kappa shape index (κ3) is 2.47. The second-order valence-corrected chi connectivity index (χ2v) is 7.25. The minimum atomic E-state index is -1.82. The molecule has 1 aliphatic heterocycles. The predicted molar refractivity (Wildman–Crippen MR) is 93.3 cm³/mol. The van der Waals surface area contributed by atoms with Crippen LogP contribution in [0.2, 0.25) is 5.02 Å². The van der Waals surface area contributed by atoms with Crippen LogP contribution in [-0.2, 0) is 5.79 Å². The van der Waals surface area contributed by atoms with Crippen molar-refractivity contribution in [2.75, 3.05) is 18.0 Å². The van der Waals surface area contributed by atoms with E-state index in [-0.39, 0.29) is 40.5 Å². The van der Waals surface area contributed by atoms with E-state index in [1.54, 1.807) is 4.90 Å². The molecular formula is C17H16ClF2N3O3. The summed E-state index contributed by atoms with van der Waals surface area (Å²) < 4.78 is 30.7. The minimum absolute atomic E-state index is 0.0125. The van der Waals surface area contributed by atoms with E-state index >= 15 is 0 Å². The molecule has 1 atom stereocenters. The number of benzene rings is 1. The molecule has 0 amide bonds. The number of carboxylic acids is 1. The van der Waals surface area contributed by atoms with Gasteiger partial charge in [0.15, 0.2) is 5.79 Å². The van der Waals surface area contributed by atoms with Crippen LogP contribution < -0.4 is 16.1 Å². The Balaban J connectivity index is 2.06.